The summed E-state index contributed by atoms with van der Waals surface area (Å²) in [6, 6.07) is 20.3. The molecule has 4 rings (SSSR count). The van der Waals surface area contributed by atoms with Crippen LogP contribution in [0.2, 0.25) is 0 Å². The maximum atomic E-state index is 9.86. The minimum Gasteiger partial charge on any atom is -0.392 e. The number of anilines is 4. The molecule has 0 saturated carbocycles. The van der Waals surface area contributed by atoms with Crippen molar-refractivity contribution < 1.29 is 10.2 Å². The van der Waals surface area contributed by atoms with Crippen molar-refractivity contribution in [2.45, 2.75) is 39.1 Å². The molecule has 2 aromatic carbocycles. The van der Waals surface area contributed by atoms with Gasteiger partial charge in [0, 0.05) is 40.3 Å². The molecule has 2 heterocycles. The largest absolute Gasteiger partial charge is 0.392 e. The Morgan fingerprint density at radius 3 is 1.34 bits per heavy atom. The lowest BCUT2D eigenvalue weighted by Crippen LogP contribution is -2.24. The van der Waals surface area contributed by atoms with Crippen LogP contribution in [-0.2, 0) is 13.1 Å². The average molecular weight is 517 g/mol. The van der Waals surface area contributed by atoms with Crippen LogP contribution < -0.4 is 20.4 Å². The molecule has 2 atom stereocenters. The quantitative estimate of drug-likeness (QED) is 0.223. The first-order chi connectivity index (χ1) is 18.3. The van der Waals surface area contributed by atoms with Gasteiger partial charge < -0.3 is 30.6 Å². The molecule has 2 aromatic heterocycles. The van der Waals surface area contributed by atoms with Crippen molar-refractivity contribution in [2.24, 2.45) is 0 Å². The van der Waals surface area contributed by atoms with Crippen LogP contribution in [0, 0.1) is 0 Å². The molecule has 0 aliphatic heterocycles. The molecule has 0 aliphatic carbocycles. The fourth-order valence-electron chi connectivity index (χ4n) is 4.02. The Morgan fingerprint density at radius 1 is 0.632 bits per heavy atom. The molecule has 0 saturated heterocycles. The summed E-state index contributed by atoms with van der Waals surface area (Å²) in [6.45, 7) is 5.24. The number of aliphatic hydroxyl groups is 2. The minimum atomic E-state index is -0.566. The maximum absolute atomic E-state index is 9.86. The number of nitrogens with one attached hydrogen (secondary N) is 2. The molecule has 0 bridgehead atoms. The van der Waals surface area contributed by atoms with Gasteiger partial charge in [-0.25, -0.2) is 9.97 Å². The van der Waals surface area contributed by atoms with E-state index in [1.807, 2.05) is 60.3 Å². The fourth-order valence-corrected chi connectivity index (χ4v) is 4.02. The Hall–Kier alpha value is -4.02. The average Bonchev–Trinajstić information content (AvgIpc) is 2.91. The molecule has 0 amide bonds. The maximum Gasteiger partial charge on any atom is 0.225 e. The van der Waals surface area contributed by atoms with E-state index in [-0.39, 0.29) is 0 Å². The molecule has 10 nitrogen and oxygen atoms in total. The highest BCUT2D eigenvalue weighted by molar-refractivity contribution is 5.95. The lowest BCUT2D eigenvalue weighted by Gasteiger charge is -2.24. The van der Waals surface area contributed by atoms with Gasteiger partial charge in [-0.2, -0.15) is 9.97 Å². The number of aromatic nitrogens is 4. The van der Waals surface area contributed by atoms with E-state index >= 15 is 0 Å². The zero-order chi connectivity index (χ0) is 27.1. The first-order valence-electron chi connectivity index (χ1n) is 12.7. The predicted molar refractivity (Wildman–Crippen MR) is 153 cm³/mol. The van der Waals surface area contributed by atoms with Crippen molar-refractivity contribution in [3.05, 3.63) is 71.8 Å². The van der Waals surface area contributed by atoms with Gasteiger partial charge in [0.2, 0.25) is 11.9 Å². The van der Waals surface area contributed by atoms with Crippen LogP contribution in [0.15, 0.2) is 60.7 Å². The highest BCUT2D eigenvalue weighted by Gasteiger charge is 2.21. The normalized spacial score (nSPS) is 12.7. The molecule has 4 N–H and O–H groups in total. The number of fused-ring (bicyclic) bond motifs is 1. The molecule has 0 aliphatic rings. The SMILES string of the molecule is CC(O)CNc1nc(N(C)Cc2ccccc2)c2nc(NCC(C)O)nc(N(C)Cc3ccccc3)c2n1. The number of rotatable bonds is 12. The third kappa shape index (κ3) is 7.05. The van der Waals surface area contributed by atoms with Gasteiger partial charge >= 0.3 is 0 Å². The number of hydrogen-bond acceptors (Lipinski definition) is 10. The van der Waals surface area contributed by atoms with Gasteiger partial charge in [-0.05, 0) is 25.0 Å². The topological polar surface area (TPSA) is 123 Å². The molecule has 0 radical (unpaired) electrons. The fraction of sp³-hybridized carbons (Fsp3) is 0.357. The van der Waals surface area contributed by atoms with E-state index < -0.39 is 12.2 Å². The molecule has 4 aromatic rings. The second kappa shape index (κ2) is 12.5. The summed E-state index contributed by atoms with van der Waals surface area (Å²) in [5, 5.41) is 26.0. The van der Waals surface area contributed by atoms with Gasteiger partial charge in [0.25, 0.3) is 0 Å². The molecular weight excluding hydrogens is 480 g/mol. The number of hydrogen-bond donors (Lipinski definition) is 4. The highest BCUT2D eigenvalue weighted by Crippen LogP contribution is 2.31. The van der Waals surface area contributed by atoms with Crippen LogP contribution in [0.3, 0.4) is 0 Å². The predicted octanol–water partition coefficient (Wildman–Crippen LogP) is 3.28. The number of aliphatic hydroxyl groups excluding tert-OH is 2. The first kappa shape index (κ1) is 27.0. The van der Waals surface area contributed by atoms with Gasteiger partial charge in [0.1, 0.15) is 11.0 Å². The zero-order valence-electron chi connectivity index (χ0n) is 22.3. The van der Waals surface area contributed by atoms with Crippen LogP contribution in [0.5, 0.6) is 0 Å². The summed E-state index contributed by atoms with van der Waals surface area (Å²) in [6.07, 6.45) is -1.13. The van der Waals surface area contributed by atoms with Crippen LogP contribution in [0.1, 0.15) is 25.0 Å². The Balaban J connectivity index is 1.84. The van der Waals surface area contributed by atoms with E-state index in [4.69, 9.17) is 19.9 Å². The summed E-state index contributed by atoms with van der Waals surface area (Å²) in [4.78, 5) is 23.2. The molecule has 200 valence electrons. The molecule has 38 heavy (non-hydrogen) atoms. The Labute approximate surface area is 223 Å². The van der Waals surface area contributed by atoms with Crippen molar-refractivity contribution in [1.29, 1.82) is 0 Å². The van der Waals surface area contributed by atoms with Crippen LogP contribution in [0.4, 0.5) is 23.5 Å². The van der Waals surface area contributed by atoms with E-state index in [0.717, 1.165) is 11.1 Å². The minimum absolute atomic E-state index is 0.303. The molecule has 0 fully saturated rings. The summed E-state index contributed by atoms with van der Waals surface area (Å²) < 4.78 is 0. The second-order valence-corrected chi connectivity index (χ2v) is 9.58. The summed E-state index contributed by atoms with van der Waals surface area (Å²) in [5.41, 5.74) is 3.43. The van der Waals surface area contributed by atoms with Crippen molar-refractivity contribution in [2.75, 3.05) is 47.6 Å². The lowest BCUT2D eigenvalue weighted by molar-refractivity contribution is 0.207. The van der Waals surface area contributed by atoms with Crippen molar-refractivity contribution in [3.8, 4) is 0 Å². The summed E-state index contributed by atoms with van der Waals surface area (Å²) in [7, 11) is 3.93. The monoisotopic (exact) mass is 516 g/mol. The number of nitrogens with zero attached hydrogens (tertiary/aromatic N) is 6. The smallest absolute Gasteiger partial charge is 0.225 e. The van der Waals surface area contributed by atoms with Gasteiger partial charge in [-0.3, -0.25) is 0 Å². The summed E-state index contributed by atoms with van der Waals surface area (Å²) >= 11 is 0. The third-order valence-corrected chi connectivity index (χ3v) is 5.87. The van der Waals surface area contributed by atoms with E-state index in [1.54, 1.807) is 13.8 Å². The van der Waals surface area contributed by atoms with Crippen molar-refractivity contribution >= 4 is 34.6 Å². The molecule has 10 heteroatoms. The lowest BCUT2D eigenvalue weighted by atomic mass is 10.2. The van der Waals surface area contributed by atoms with Gasteiger partial charge in [-0.1, -0.05) is 60.7 Å². The van der Waals surface area contributed by atoms with Crippen LogP contribution in [0.25, 0.3) is 11.0 Å². The highest BCUT2D eigenvalue weighted by atomic mass is 16.3. The molecule has 0 spiro atoms. The summed E-state index contributed by atoms with van der Waals surface area (Å²) in [5.74, 6) is 2.03. The molecular formula is C28H36N8O2. The standard InChI is InChI=1S/C28H36N8O2/c1-19(37)15-29-27-31-23-24(25(33-27)35(3)17-21-11-7-5-8-12-21)32-28(30-16-20(2)38)34-26(23)36(4)18-22-13-9-6-10-14-22/h5-14,19-20,37-38H,15-18H2,1-4H3,(H,29,31,33)(H,30,32,34). The number of benzene rings is 2. The van der Waals surface area contributed by atoms with E-state index in [1.165, 1.54) is 0 Å². The van der Waals surface area contributed by atoms with Crippen molar-refractivity contribution in [1.82, 2.24) is 19.9 Å². The van der Waals surface area contributed by atoms with E-state index in [9.17, 15) is 10.2 Å². The van der Waals surface area contributed by atoms with Crippen molar-refractivity contribution in [3.63, 3.8) is 0 Å². The Kier molecular flexibility index (Phi) is 8.88. The van der Waals surface area contributed by atoms with Gasteiger partial charge in [-0.15, -0.1) is 0 Å². The van der Waals surface area contributed by atoms with E-state index in [2.05, 4.69) is 34.9 Å². The second-order valence-electron chi connectivity index (χ2n) is 9.58. The zero-order valence-corrected chi connectivity index (χ0v) is 22.3. The Morgan fingerprint density at radius 2 is 1.00 bits per heavy atom. The van der Waals surface area contributed by atoms with E-state index in [0.29, 0.717) is 60.7 Å². The van der Waals surface area contributed by atoms with Crippen LogP contribution >= 0.6 is 0 Å². The Bertz CT molecular complexity index is 1220. The van der Waals surface area contributed by atoms with Gasteiger partial charge in [0.05, 0.1) is 12.2 Å². The van der Waals surface area contributed by atoms with Crippen LogP contribution in [-0.4, -0.2) is 69.5 Å². The third-order valence-electron chi connectivity index (χ3n) is 5.87. The van der Waals surface area contributed by atoms with Gasteiger partial charge in [0.15, 0.2) is 11.6 Å². The first-order valence-corrected chi connectivity index (χ1v) is 12.7. The molecule has 2 unspecified atom stereocenters.